The van der Waals surface area contributed by atoms with Crippen LogP contribution in [0.4, 0.5) is 0 Å². The molecule has 3 nitrogen and oxygen atoms in total. The zero-order valence-electron chi connectivity index (χ0n) is 13.0. The third kappa shape index (κ3) is 3.93. The normalized spacial score (nSPS) is 34.6. The lowest BCUT2D eigenvalue weighted by Crippen LogP contribution is -2.55. The highest BCUT2D eigenvalue weighted by Gasteiger charge is 2.34. The third-order valence-electron chi connectivity index (χ3n) is 5.22. The fraction of sp³-hybridized carbons (Fsp3) is 1.00. The zero-order chi connectivity index (χ0) is 13.7. The summed E-state index contributed by atoms with van der Waals surface area (Å²) in [6, 6.07) is 1.46. The Morgan fingerprint density at radius 3 is 2.42 bits per heavy atom. The Bertz CT molecular complexity index is 251. The summed E-state index contributed by atoms with van der Waals surface area (Å²) in [6.07, 6.45) is 8.46. The van der Waals surface area contributed by atoms with Crippen LogP contribution < -0.4 is 5.32 Å². The summed E-state index contributed by atoms with van der Waals surface area (Å²) in [5.74, 6) is 0.944. The summed E-state index contributed by atoms with van der Waals surface area (Å²) in [7, 11) is 2.14. The average molecular weight is 268 g/mol. The molecule has 0 amide bonds. The topological polar surface area (TPSA) is 24.5 Å². The molecule has 0 aromatic carbocycles. The van der Waals surface area contributed by atoms with Crippen molar-refractivity contribution in [2.75, 3.05) is 26.7 Å². The highest BCUT2D eigenvalue weighted by atomic mass is 16.5. The van der Waals surface area contributed by atoms with Crippen molar-refractivity contribution >= 4 is 0 Å². The van der Waals surface area contributed by atoms with Gasteiger partial charge in [0.25, 0.3) is 0 Å². The van der Waals surface area contributed by atoms with Gasteiger partial charge in [0.1, 0.15) is 0 Å². The lowest BCUT2D eigenvalue weighted by molar-refractivity contribution is -0.00926. The molecule has 0 bridgehead atoms. The van der Waals surface area contributed by atoms with Gasteiger partial charge in [-0.05, 0) is 52.0 Å². The van der Waals surface area contributed by atoms with E-state index in [-0.39, 0.29) is 0 Å². The minimum Gasteiger partial charge on any atom is -0.378 e. The van der Waals surface area contributed by atoms with Gasteiger partial charge in [-0.25, -0.2) is 0 Å². The Morgan fingerprint density at radius 1 is 1.11 bits per heavy atom. The maximum absolute atomic E-state index is 5.77. The molecule has 2 rings (SSSR count). The fourth-order valence-electron chi connectivity index (χ4n) is 3.95. The number of hydrogen-bond acceptors (Lipinski definition) is 3. The molecule has 1 N–H and O–H groups in total. The van der Waals surface area contributed by atoms with Crippen LogP contribution in [0, 0.1) is 5.92 Å². The quantitative estimate of drug-likeness (QED) is 0.829. The molecule has 1 aliphatic carbocycles. The number of piperidine rings is 1. The number of ether oxygens (including phenoxy) is 1. The van der Waals surface area contributed by atoms with Gasteiger partial charge in [-0.3, -0.25) is 4.90 Å². The molecule has 2 aliphatic rings. The van der Waals surface area contributed by atoms with Gasteiger partial charge < -0.3 is 10.1 Å². The second-order valence-corrected chi connectivity index (χ2v) is 6.24. The van der Waals surface area contributed by atoms with E-state index in [4.69, 9.17) is 4.74 Å². The second kappa shape index (κ2) is 7.61. The smallest absolute Gasteiger partial charge is 0.0599 e. The number of nitrogens with zero attached hydrogens (tertiary/aromatic N) is 1. The van der Waals surface area contributed by atoms with Crippen molar-refractivity contribution in [3.63, 3.8) is 0 Å². The first kappa shape index (κ1) is 15.3. The average Bonchev–Trinajstić information content (AvgIpc) is 2.47. The molecule has 2 fully saturated rings. The second-order valence-electron chi connectivity index (χ2n) is 6.24. The van der Waals surface area contributed by atoms with Gasteiger partial charge in [-0.15, -0.1) is 0 Å². The molecule has 0 radical (unpaired) electrons. The molecule has 112 valence electrons. The van der Waals surface area contributed by atoms with Crippen molar-refractivity contribution in [3.05, 3.63) is 0 Å². The molecule has 1 saturated heterocycles. The summed E-state index contributed by atoms with van der Waals surface area (Å²) < 4.78 is 5.77. The predicted octanol–water partition coefficient (Wildman–Crippen LogP) is 2.65. The van der Waals surface area contributed by atoms with E-state index in [1.165, 1.54) is 51.6 Å². The lowest BCUT2D eigenvalue weighted by atomic mass is 9.79. The van der Waals surface area contributed by atoms with E-state index in [2.05, 4.69) is 31.1 Å². The molecule has 0 spiro atoms. The molecule has 0 aromatic heterocycles. The molecule has 19 heavy (non-hydrogen) atoms. The van der Waals surface area contributed by atoms with Gasteiger partial charge >= 0.3 is 0 Å². The number of likely N-dealkylation sites (tertiary alicyclic amines) is 1. The first-order valence-corrected chi connectivity index (χ1v) is 8.31. The molecular formula is C16H32N2O. The van der Waals surface area contributed by atoms with Crippen LogP contribution in [0.1, 0.15) is 52.4 Å². The molecule has 3 unspecified atom stereocenters. The van der Waals surface area contributed by atoms with Crippen LogP contribution in [0.3, 0.4) is 0 Å². The van der Waals surface area contributed by atoms with E-state index in [1.54, 1.807) is 0 Å². The van der Waals surface area contributed by atoms with E-state index in [0.29, 0.717) is 12.1 Å². The van der Waals surface area contributed by atoms with Gasteiger partial charge in [0.05, 0.1) is 6.10 Å². The zero-order valence-corrected chi connectivity index (χ0v) is 13.0. The summed E-state index contributed by atoms with van der Waals surface area (Å²) >= 11 is 0. The van der Waals surface area contributed by atoms with E-state index >= 15 is 0 Å². The van der Waals surface area contributed by atoms with Crippen molar-refractivity contribution < 1.29 is 4.74 Å². The van der Waals surface area contributed by atoms with Gasteiger partial charge in [0.2, 0.25) is 0 Å². The molecule has 0 aromatic rings. The number of rotatable bonds is 5. The lowest BCUT2D eigenvalue weighted by Gasteiger charge is -2.45. The van der Waals surface area contributed by atoms with Gasteiger partial charge in [-0.2, -0.15) is 0 Å². The standard InChI is InChI=1S/C16H32N2O/c1-4-13-6-7-15(17-3)16(12-13)18-10-8-14(9-11-18)19-5-2/h13-17H,4-12H2,1-3H3. The molecular weight excluding hydrogens is 236 g/mol. The Kier molecular flexibility index (Phi) is 6.11. The molecule has 1 aliphatic heterocycles. The van der Waals surface area contributed by atoms with Crippen LogP contribution in [-0.4, -0.2) is 49.8 Å². The molecule has 1 heterocycles. The van der Waals surface area contributed by atoms with Crippen LogP contribution in [0.15, 0.2) is 0 Å². The van der Waals surface area contributed by atoms with Crippen LogP contribution in [0.5, 0.6) is 0 Å². The van der Waals surface area contributed by atoms with Crippen LogP contribution in [-0.2, 0) is 4.74 Å². The molecule has 1 saturated carbocycles. The van der Waals surface area contributed by atoms with E-state index in [1.807, 2.05) is 0 Å². The monoisotopic (exact) mass is 268 g/mol. The minimum absolute atomic E-state index is 0.514. The van der Waals surface area contributed by atoms with E-state index in [9.17, 15) is 0 Å². The third-order valence-corrected chi connectivity index (χ3v) is 5.22. The maximum Gasteiger partial charge on any atom is 0.0599 e. The minimum atomic E-state index is 0.514. The first-order chi connectivity index (χ1) is 9.28. The van der Waals surface area contributed by atoms with Crippen molar-refractivity contribution in [1.82, 2.24) is 10.2 Å². The van der Waals surface area contributed by atoms with Crippen LogP contribution in [0.2, 0.25) is 0 Å². The Labute approximate surface area is 119 Å². The number of hydrogen-bond donors (Lipinski definition) is 1. The largest absolute Gasteiger partial charge is 0.378 e. The van der Waals surface area contributed by atoms with Gasteiger partial charge in [0.15, 0.2) is 0 Å². The van der Waals surface area contributed by atoms with Gasteiger partial charge in [-0.1, -0.05) is 13.3 Å². The van der Waals surface area contributed by atoms with Crippen molar-refractivity contribution in [2.24, 2.45) is 5.92 Å². The van der Waals surface area contributed by atoms with Crippen molar-refractivity contribution in [3.8, 4) is 0 Å². The summed E-state index contributed by atoms with van der Waals surface area (Å²) in [4.78, 5) is 2.73. The SMILES string of the molecule is CCOC1CCN(C2CC(CC)CCC2NC)CC1. The van der Waals surface area contributed by atoms with E-state index < -0.39 is 0 Å². The Morgan fingerprint density at radius 2 is 1.84 bits per heavy atom. The molecule has 3 heteroatoms. The fourth-order valence-corrected chi connectivity index (χ4v) is 3.95. The van der Waals surface area contributed by atoms with E-state index in [0.717, 1.165) is 18.6 Å². The maximum atomic E-state index is 5.77. The predicted molar refractivity (Wildman–Crippen MR) is 80.5 cm³/mol. The molecule has 3 atom stereocenters. The summed E-state index contributed by atoms with van der Waals surface area (Å²) in [5, 5.41) is 3.56. The Balaban J connectivity index is 1.88. The highest BCUT2D eigenvalue weighted by molar-refractivity contribution is 4.92. The first-order valence-electron chi connectivity index (χ1n) is 8.31. The summed E-state index contributed by atoms with van der Waals surface area (Å²) in [5.41, 5.74) is 0. The van der Waals surface area contributed by atoms with Crippen LogP contribution >= 0.6 is 0 Å². The van der Waals surface area contributed by atoms with Crippen LogP contribution in [0.25, 0.3) is 0 Å². The van der Waals surface area contributed by atoms with Gasteiger partial charge in [0, 0.05) is 31.8 Å². The van der Waals surface area contributed by atoms with Crippen molar-refractivity contribution in [2.45, 2.75) is 70.6 Å². The number of likely N-dealkylation sites (N-methyl/N-ethyl adjacent to an activating group) is 1. The highest BCUT2D eigenvalue weighted by Crippen LogP contribution is 2.31. The number of nitrogens with one attached hydrogen (secondary N) is 1. The van der Waals surface area contributed by atoms with Crippen molar-refractivity contribution in [1.29, 1.82) is 0 Å². The Hall–Kier alpha value is -0.120. The summed E-state index contributed by atoms with van der Waals surface area (Å²) in [6.45, 7) is 7.78.